The molecule has 1 aliphatic heterocycles. The van der Waals surface area contributed by atoms with E-state index >= 15 is 0 Å². The summed E-state index contributed by atoms with van der Waals surface area (Å²) in [5.74, 6) is 1.92. The van der Waals surface area contributed by atoms with Crippen LogP contribution in [0.5, 0.6) is 0 Å². The van der Waals surface area contributed by atoms with E-state index in [2.05, 4.69) is 4.98 Å². The second-order valence-corrected chi connectivity index (χ2v) is 2.50. The van der Waals surface area contributed by atoms with E-state index in [-0.39, 0.29) is 0 Å². The molecule has 0 saturated heterocycles. The predicted octanol–water partition coefficient (Wildman–Crippen LogP) is 1.82. The standard InChI is InChI=1S/C6H5N2OS/c1-3-9-6(7-1)8-2-4-10-5-8/h1-5H. The molecule has 51 valence electrons. The molecule has 0 bridgehead atoms. The van der Waals surface area contributed by atoms with Crippen LogP contribution >= 0.6 is 11.8 Å². The minimum Gasteiger partial charge on any atom is -0.432 e. The van der Waals surface area contributed by atoms with Gasteiger partial charge in [0, 0.05) is 6.20 Å². The zero-order valence-electron chi connectivity index (χ0n) is 5.10. The Labute approximate surface area is 62.7 Å². The maximum atomic E-state index is 5.04. The van der Waals surface area contributed by atoms with Crippen LogP contribution < -0.4 is 4.90 Å². The molecule has 0 spiro atoms. The van der Waals surface area contributed by atoms with E-state index in [1.165, 1.54) is 0 Å². The Morgan fingerprint density at radius 2 is 2.60 bits per heavy atom. The molecule has 0 unspecified atom stereocenters. The number of thioether (sulfide) groups is 1. The summed E-state index contributed by atoms with van der Waals surface area (Å²) in [6.07, 6.45) is 5.08. The molecule has 1 aromatic rings. The van der Waals surface area contributed by atoms with Crippen LogP contribution in [0.1, 0.15) is 0 Å². The Morgan fingerprint density at radius 1 is 1.60 bits per heavy atom. The van der Waals surface area contributed by atoms with Crippen molar-refractivity contribution in [2.24, 2.45) is 0 Å². The van der Waals surface area contributed by atoms with E-state index in [9.17, 15) is 0 Å². The van der Waals surface area contributed by atoms with Crippen LogP contribution in [0.15, 0.2) is 28.5 Å². The van der Waals surface area contributed by atoms with E-state index in [0.29, 0.717) is 6.01 Å². The van der Waals surface area contributed by atoms with E-state index in [1.807, 2.05) is 22.4 Å². The molecular formula is C6H5N2OS. The Kier molecular flexibility index (Phi) is 1.39. The van der Waals surface area contributed by atoms with Crippen LogP contribution in [0.4, 0.5) is 6.01 Å². The van der Waals surface area contributed by atoms with Gasteiger partial charge in [0.15, 0.2) is 0 Å². The monoisotopic (exact) mass is 153 g/mol. The molecule has 2 rings (SSSR count). The molecule has 0 aromatic carbocycles. The number of aromatic nitrogens is 1. The van der Waals surface area contributed by atoms with Crippen molar-refractivity contribution in [2.75, 3.05) is 4.90 Å². The first-order valence-electron chi connectivity index (χ1n) is 2.80. The summed E-state index contributed by atoms with van der Waals surface area (Å²) in [6.45, 7) is 0. The zero-order chi connectivity index (χ0) is 6.81. The summed E-state index contributed by atoms with van der Waals surface area (Å²) >= 11 is 1.60. The summed E-state index contributed by atoms with van der Waals surface area (Å²) < 4.78 is 5.04. The number of nitrogens with zero attached hydrogens (tertiary/aromatic N) is 2. The van der Waals surface area contributed by atoms with E-state index in [1.54, 1.807) is 24.2 Å². The largest absolute Gasteiger partial charge is 0.432 e. The highest BCUT2D eigenvalue weighted by atomic mass is 32.2. The molecule has 0 N–H and O–H groups in total. The first-order chi connectivity index (χ1) is 4.97. The van der Waals surface area contributed by atoms with Gasteiger partial charge in [-0.1, -0.05) is 0 Å². The van der Waals surface area contributed by atoms with Gasteiger partial charge in [-0.2, -0.15) is 0 Å². The maximum absolute atomic E-state index is 5.04. The SMILES string of the molecule is [CH]1SC=CN1c1ncco1. The van der Waals surface area contributed by atoms with Crippen LogP contribution in [0.25, 0.3) is 0 Å². The van der Waals surface area contributed by atoms with Gasteiger partial charge in [0.2, 0.25) is 0 Å². The van der Waals surface area contributed by atoms with E-state index in [0.717, 1.165) is 0 Å². The van der Waals surface area contributed by atoms with Crippen LogP contribution in [-0.2, 0) is 0 Å². The molecule has 2 heterocycles. The first-order valence-corrected chi connectivity index (χ1v) is 3.74. The lowest BCUT2D eigenvalue weighted by Gasteiger charge is -2.05. The Balaban J connectivity index is 2.20. The van der Waals surface area contributed by atoms with Gasteiger partial charge in [-0.05, 0) is 5.41 Å². The number of oxazole rings is 1. The third kappa shape index (κ3) is 0.903. The summed E-state index contributed by atoms with van der Waals surface area (Å²) in [5.41, 5.74) is 0. The molecule has 0 atom stereocenters. The lowest BCUT2D eigenvalue weighted by atomic mass is 10.8. The minimum atomic E-state index is 0.612. The van der Waals surface area contributed by atoms with Crippen LogP contribution in [0.3, 0.4) is 0 Å². The number of hydrogen-bond donors (Lipinski definition) is 0. The normalized spacial score (nSPS) is 16.6. The van der Waals surface area contributed by atoms with Gasteiger partial charge in [0.1, 0.15) is 12.1 Å². The average molecular weight is 153 g/mol. The van der Waals surface area contributed by atoms with E-state index in [4.69, 9.17) is 4.42 Å². The van der Waals surface area contributed by atoms with Crippen molar-refractivity contribution in [3.05, 3.63) is 29.9 Å². The molecule has 4 heteroatoms. The van der Waals surface area contributed by atoms with Crippen molar-refractivity contribution in [3.8, 4) is 0 Å². The van der Waals surface area contributed by atoms with Gasteiger partial charge in [-0.15, -0.1) is 11.8 Å². The van der Waals surface area contributed by atoms with Crippen LogP contribution in [-0.4, -0.2) is 4.98 Å². The lowest BCUT2D eigenvalue weighted by Crippen LogP contribution is -2.05. The smallest absolute Gasteiger partial charge is 0.302 e. The summed E-state index contributed by atoms with van der Waals surface area (Å²) in [6, 6.07) is 0.612. The van der Waals surface area contributed by atoms with Gasteiger partial charge in [0.25, 0.3) is 0 Å². The molecule has 1 aromatic heterocycles. The number of hydrogen-bond acceptors (Lipinski definition) is 4. The highest BCUT2D eigenvalue weighted by Crippen LogP contribution is 2.25. The van der Waals surface area contributed by atoms with Crippen molar-refractivity contribution in [1.29, 1.82) is 0 Å². The number of rotatable bonds is 1. The predicted molar refractivity (Wildman–Crippen MR) is 40.0 cm³/mol. The quantitative estimate of drug-likeness (QED) is 0.615. The summed E-state index contributed by atoms with van der Waals surface area (Å²) in [7, 11) is 0. The fourth-order valence-electron chi connectivity index (χ4n) is 0.689. The highest BCUT2D eigenvalue weighted by Gasteiger charge is 2.10. The second kappa shape index (κ2) is 2.38. The number of anilines is 1. The molecule has 0 fully saturated rings. The van der Waals surface area contributed by atoms with E-state index < -0.39 is 0 Å². The Hall–Kier alpha value is -0.900. The van der Waals surface area contributed by atoms with Gasteiger partial charge in [0.05, 0.1) is 6.20 Å². The average Bonchev–Trinajstić information content (AvgIpc) is 2.59. The summed E-state index contributed by atoms with van der Waals surface area (Å²) in [5, 5.41) is 1.96. The van der Waals surface area contributed by atoms with Gasteiger partial charge < -0.3 is 4.42 Å². The maximum Gasteiger partial charge on any atom is 0.302 e. The van der Waals surface area contributed by atoms with Gasteiger partial charge in [-0.25, -0.2) is 4.98 Å². The third-order valence-corrected chi connectivity index (χ3v) is 1.74. The van der Waals surface area contributed by atoms with Crippen molar-refractivity contribution >= 4 is 17.8 Å². The molecule has 0 saturated carbocycles. The molecule has 0 aliphatic carbocycles. The van der Waals surface area contributed by atoms with Crippen molar-refractivity contribution in [2.45, 2.75) is 0 Å². The lowest BCUT2D eigenvalue weighted by molar-refractivity contribution is 0.563. The zero-order valence-corrected chi connectivity index (χ0v) is 5.91. The van der Waals surface area contributed by atoms with Crippen LogP contribution in [0.2, 0.25) is 0 Å². The Morgan fingerprint density at radius 3 is 3.20 bits per heavy atom. The second-order valence-electron chi connectivity index (χ2n) is 1.75. The molecule has 3 nitrogen and oxygen atoms in total. The third-order valence-electron chi connectivity index (χ3n) is 1.11. The van der Waals surface area contributed by atoms with Crippen molar-refractivity contribution in [3.63, 3.8) is 0 Å². The fourth-order valence-corrected chi connectivity index (χ4v) is 1.25. The molecule has 1 radical (unpaired) electrons. The molecule has 0 amide bonds. The molecular weight excluding hydrogens is 148 g/mol. The topological polar surface area (TPSA) is 29.3 Å². The highest BCUT2D eigenvalue weighted by molar-refractivity contribution is 8.04. The minimum absolute atomic E-state index is 0.612. The van der Waals surface area contributed by atoms with Gasteiger partial charge in [-0.3, -0.25) is 4.90 Å². The van der Waals surface area contributed by atoms with Crippen molar-refractivity contribution in [1.82, 2.24) is 4.98 Å². The van der Waals surface area contributed by atoms with Crippen molar-refractivity contribution < 1.29 is 4.42 Å². The fraction of sp³-hybridized carbons (Fsp3) is 0. The van der Waals surface area contributed by atoms with Crippen LogP contribution in [0, 0.1) is 5.88 Å². The molecule has 1 aliphatic rings. The first kappa shape index (κ1) is 5.85. The summed E-state index contributed by atoms with van der Waals surface area (Å²) in [4.78, 5) is 5.79. The Bertz CT molecular complexity index is 232. The molecule has 10 heavy (non-hydrogen) atoms. The van der Waals surface area contributed by atoms with Gasteiger partial charge >= 0.3 is 6.01 Å².